The lowest BCUT2D eigenvalue weighted by Crippen LogP contribution is -2.23. The molecule has 0 bridgehead atoms. The third kappa shape index (κ3) is 2.38. The molecule has 5 nitrogen and oxygen atoms in total. The number of phenolic OH excluding ortho intramolecular Hbond substituents is 1. The summed E-state index contributed by atoms with van der Waals surface area (Å²) >= 11 is 0. The van der Waals surface area contributed by atoms with Crippen LogP contribution in [0.3, 0.4) is 0 Å². The highest BCUT2D eigenvalue weighted by Crippen LogP contribution is 2.28. The summed E-state index contributed by atoms with van der Waals surface area (Å²) in [5.74, 6) is -0.511. The van der Waals surface area contributed by atoms with Crippen LogP contribution in [0.1, 0.15) is 10.4 Å². The highest BCUT2D eigenvalue weighted by atomic mass is 16.5. The number of methoxy groups -OCH3 is 1. The minimum absolute atomic E-state index is 0.0876. The molecule has 1 amide bonds. The van der Waals surface area contributed by atoms with Gasteiger partial charge in [0.05, 0.1) is 18.7 Å². The second kappa shape index (κ2) is 4.86. The van der Waals surface area contributed by atoms with Crippen molar-refractivity contribution in [3.05, 3.63) is 23.8 Å². The smallest absolute Gasteiger partial charge is 0.256 e. The number of nitrogens with zero attached hydrogens (tertiary/aromatic N) is 1. The van der Waals surface area contributed by atoms with Crippen LogP contribution in [0.15, 0.2) is 18.2 Å². The van der Waals surface area contributed by atoms with Gasteiger partial charge >= 0.3 is 0 Å². The van der Waals surface area contributed by atoms with Gasteiger partial charge in [-0.3, -0.25) is 4.79 Å². The van der Waals surface area contributed by atoms with Gasteiger partial charge in [0.2, 0.25) is 0 Å². The number of hydrogen-bond donors (Lipinski definition) is 2. The average molecular weight is 206 g/mol. The Kier molecular flexibility index (Phi) is 3.52. The Morgan fingerprint density at radius 2 is 2.40 bits per heavy atom. The van der Waals surface area contributed by atoms with Gasteiger partial charge in [-0.2, -0.15) is 5.26 Å². The number of carbonyl (C=O) groups excluding carboxylic acids is 1. The Balaban J connectivity index is 2.95. The van der Waals surface area contributed by atoms with Gasteiger partial charge in [0, 0.05) is 0 Å². The lowest BCUT2D eigenvalue weighted by Gasteiger charge is -2.07. The van der Waals surface area contributed by atoms with Gasteiger partial charge < -0.3 is 15.2 Å². The van der Waals surface area contributed by atoms with Gasteiger partial charge in [0.15, 0.2) is 11.5 Å². The number of phenols is 1. The average Bonchev–Trinajstić information content (AvgIpc) is 2.26. The van der Waals surface area contributed by atoms with E-state index in [0.717, 1.165) is 0 Å². The monoisotopic (exact) mass is 206 g/mol. The van der Waals surface area contributed by atoms with E-state index < -0.39 is 5.91 Å². The first-order valence-electron chi connectivity index (χ1n) is 4.21. The molecular formula is C10H10N2O3. The molecule has 0 heterocycles. The normalized spacial score (nSPS) is 9.07. The number of hydrogen-bond acceptors (Lipinski definition) is 4. The first kappa shape index (κ1) is 10.9. The Bertz CT molecular complexity index is 410. The molecule has 0 saturated heterocycles. The van der Waals surface area contributed by atoms with Crippen LogP contribution < -0.4 is 10.1 Å². The van der Waals surface area contributed by atoms with Crippen molar-refractivity contribution in [3.63, 3.8) is 0 Å². The first-order chi connectivity index (χ1) is 7.20. The molecule has 0 atom stereocenters. The second-order valence-electron chi connectivity index (χ2n) is 2.70. The zero-order valence-corrected chi connectivity index (χ0v) is 8.15. The number of nitrogens with one attached hydrogen (secondary N) is 1. The molecule has 0 fully saturated rings. The van der Waals surface area contributed by atoms with Crippen LogP contribution in [0.5, 0.6) is 11.5 Å². The molecule has 0 aliphatic heterocycles. The number of nitriles is 1. The second-order valence-corrected chi connectivity index (χ2v) is 2.70. The zero-order chi connectivity index (χ0) is 11.3. The topological polar surface area (TPSA) is 82.3 Å². The minimum Gasteiger partial charge on any atom is -0.504 e. The maximum atomic E-state index is 11.4. The fourth-order valence-electron chi connectivity index (χ4n) is 1.09. The molecule has 0 aliphatic rings. The number of carbonyl (C=O) groups is 1. The molecule has 5 heteroatoms. The van der Waals surface area contributed by atoms with E-state index in [0.29, 0.717) is 0 Å². The molecule has 0 radical (unpaired) electrons. The molecule has 0 aromatic heterocycles. The summed E-state index contributed by atoms with van der Waals surface area (Å²) in [5.41, 5.74) is 0.0876. The lowest BCUT2D eigenvalue weighted by molar-refractivity contribution is 0.0955. The molecule has 0 saturated carbocycles. The Labute approximate surface area is 86.9 Å². The summed E-state index contributed by atoms with van der Waals surface area (Å²) in [6.45, 7) is -0.102. The summed E-state index contributed by atoms with van der Waals surface area (Å²) in [7, 11) is 1.39. The van der Waals surface area contributed by atoms with E-state index >= 15 is 0 Å². The van der Waals surface area contributed by atoms with Crippen molar-refractivity contribution in [2.45, 2.75) is 0 Å². The van der Waals surface area contributed by atoms with E-state index in [2.05, 4.69) is 5.32 Å². The zero-order valence-electron chi connectivity index (χ0n) is 8.15. The number of para-hydroxylation sites is 1. The van der Waals surface area contributed by atoms with E-state index in [1.807, 2.05) is 0 Å². The summed E-state index contributed by atoms with van der Waals surface area (Å²) in [4.78, 5) is 11.4. The van der Waals surface area contributed by atoms with Crippen LogP contribution in [-0.2, 0) is 0 Å². The molecule has 78 valence electrons. The predicted octanol–water partition coefficient (Wildman–Crippen LogP) is 0.654. The van der Waals surface area contributed by atoms with Crippen molar-refractivity contribution in [2.75, 3.05) is 13.7 Å². The minimum atomic E-state index is -0.507. The molecule has 1 aromatic carbocycles. The number of rotatable bonds is 3. The highest BCUT2D eigenvalue weighted by molar-refractivity contribution is 5.97. The molecule has 1 rings (SSSR count). The van der Waals surface area contributed by atoms with Crippen LogP contribution in [0.25, 0.3) is 0 Å². The molecule has 0 spiro atoms. The largest absolute Gasteiger partial charge is 0.504 e. The van der Waals surface area contributed by atoms with Crippen molar-refractivity contribution in [1.82, 2.24) is 5.32 Å². The van der Waals surface area contributed by atoms with Crippen LogP contribution in [0, 0.1) is 11.3 Å². The van der Waals surface area contributed by atoms with Crippen LogP contribution in [0.4, 0.5) is 0 Å². The van der Waals surface area contributed by atoms with Crippen molar-refractivity contribution >= 4 is 5.91 Å². The maximum Gasteiger partial charge on any atom is 0.256 e. The van der Waals surface area contributed by atoms with E-state index in [4.69, 9.17) is 10.00 Å². The van der Waals surface area contributed by atoms with E-state index in [1.54, 1.807) is 12.1 Å². The van der Waals surface area contributed by atoms with E-state index in [9.17, 15) is 9.90 Å². The quantitative estimate of drug-likeness (QED) is 0.711. The summed E-state index contributed by atoms with van der Waals surface area (Å²) < 4.78 is 4.85. The summed E-state index contributed by atoms with van der Waals surface area (Å²) in [5, 5.41) is 20.2. The molecule has 2 N–H and O–H groups in total. The van der Waals surface area contributed by atoms with Crippen LogP contribution in [-0.4, -0.2) is 24.7 Å². The van der Waals surface area contributed by atoms with Crippen molar-refractivity contribution in [1.29, 1.82) is 5.26 Å². The molecule has 0 aliphatic carbocycles. The SMILES string of the molecule is COc1cccc(C(=O)NCC#N)c1O. The summed E-state index contributed by atoms with van der Waals surface area (Å²) in [6, 6.07) is 6.34. The number of aromatic hydroxyl groups is 1. The number of amides is 1. The molecule has 0 unspecified atom stereocenters. The Morgan fingerprint density at radius 3 is 3.00 bits per heavy atom. The third-order valence-corrected chi connectivity index (χ3v) is 1.79. The van der Waals surface area contributed by atoms with Gasteiger partial charge in [-0.05, 0) is 12.1 Å². The van der Waals surface area contributed by atoms with Crippen LogP contribution >= 0.6 is 0 Å². The molecule has 15 heavy (non-hydrogen) atoms. The van der Waals surface area contributed by atoms with E-state index in [-0.39, 0.29) is 23.6 Å². The predicted molar refractivity (Wildman–Crippen MR) is 52.6 cm³/mol. The van der Waals surface area contributed by atoms with Crippen molar-refractivity contribution in [3.8, 4) is 17.6 Å². The molecular weight excluding hydrogens is 196 g/mol. The van der Waals surface area contributed by atoms with Crippen molar-refractivity contribution in [2.24, 2.45) is 0 Å². The standard InChI is InChI=1S/C10H10N2O3/c1-15-8-4-2-3-7(9(8)13)10(14)12-6-5-11/h2-4,13H,6H2,1H3,(H,12,14). The van der Waals surface area contributed by atoms with E-state index in [1.165, 1.54) is 19.2 Å². The van der Waals surface area contributed by atoms with Gasteiger partial charge in [-0.25, -0.2) is 0 Å². The van der Waals surface area contributed by atoms with Crippen LogP contribution in [0.2, 0.25) is 0 Å². The van der Waals surface area contributed by atoms with Gasteiger partial charge in [0.1, 0.15) is 6.54 Å². The number of benzene rings is 1. The highest BCUT2D eigenvalue weighted by Gasteiger charge is 2.13. The maximum absolute atomic E-state index is 11.4. The third-order valence-electron chi connectivity index (χ3n) is 1.79. The fraction of sp³-hybridized carbons (Fsp3) is 0.200. The fourth-order valence-corrected chi connectivity index (χ4v) is 1.09. The first-order valence-corrected chi connectivity index (χ1v) is 4.21. The summed E-state index contributed by atoms with van der Waals surface area (Å²) in [6.07, 6.45) is 0. The molecule has 1 aromatic rings. The van der Waals surface area contributed by atoms with Gasteiger partial charge in [0.25, 0.3) is 5.91 Å². The van der Waals surface area contributed by atoms with Crippen molar-refractivity contribution < 1.29 is 14.6 Å². The Morgan fingerprint density at radius 1 is 1.67 bits per heavy atom. The Hall–Kier alpha value is -2.22. The van der Waals surface area contributed by atoms with Gasteiger partial charge in [-0.15, -0.1) is 0 Å². The van der Waals surface area contributed by atoms with Gasteiger partial charge in [-0.1, -0.05) is 6.07 Å². The lowest BCUT2D eigenvalue weighted by atomic mass is 10.1. The number of ether oxygens (including phenoxy) is 1.